The third kappa shape index (κ3) is 2.04. The van der Waals surface area contributed by atoms with E-state index in [4.69, 9.17) is 10.7 Å². The van der Waals surface area contributed by atoms with Gasteiger partial charge in [-0.05, 0) is 31.3 Å². The molecule has 0 spiro atoms. The van der Waals surface area contributed by atoms with E-state index in [0.29, 0.717) is 6.42 Å². The zero-order valence-corrected chi connectivity index (χ0v) is 8.73. The summed E-state index contributed by atoms with van der Waals surface area (Å²) in [7, 11) is 1.98. The minimum Gasteiger partial charge on any atom is -0.212 e. The minimum atomic E-state index is -3.30. The fraction of sp³-hybridized carbons (Fsp3) is 1.00. The van der Waals surface area contributed by atoms with Gasteiger partial charge in [-0.25, -0.2) is 8.42 Å². The van der Waals surface area contributed by atoms with E-state index < -0.39 is 13.8 Å². The Labute approximate surface area is 76.1 Å². The summed E-state index contributed by atoms with van der Waals surface area (Å²) in [5.74, 6) is 0.881. The van der Waals surface area contributed by atoms with Crippen LogP contribution < -0.4 is 0 Å². The molecule has 2 nitrogen and oxygen atoms in total. The van der Waals surface area contributed by atoms with Crippen LogP contribution in [-0.4, -0.2) is 25.2 Å². The quantitative estimate of drug-likeness (QED) is 0.670. The largest absolute Gasteiger partial charge is 0.238 e. The molecular formula is C6H11ClO2S2. The molecule has 0 aromatic carbocycles. The summed E-state index contributed by atoms with van der Waals surface area (Å²) in [6.07, 6.45) is 4.18. The van der Waals surface area contributed by atoms with E-state index >= 15 is 0 Å². The lowest BCUT2D eigenvalue weighted by molar-refractivity contribution is 0.588. The van der Waals surface area contributed by atoms with Crippen molar-refractivity contribution < 1.29 is 8.42 Å². The second-order valence-corrected chi connectivity index (χ2v) is 6.81. The Bertz CT molecular complexity index is 231. The lowest BCUT2D eigenvalue weighted by atomic mass is 10.3. The highest BCUT2D eigenvalue weighted by Gasteiger charge is 2.52. The number of hydrogen-bond donors (Lipinski definition) is 0. The number of halogens is 1. The molecule has 0 radical (unpaired) electrons. The van der Waals surface area contributed by atoms with E-state index in [1.54, 1.807) is 11.8 Å². The first-order valence-corrected chi connectivity index (χ1v) is 7.15. The van der Waals surface area contributed by atoms with E-state index in [9.17, 15) is 8.42 Å². The Morgan fingerprint density at radius 3 is 2.36 bits per heavy atom. The molecule has 0 aromatic rings. The van der Waals surface area contributed by atoms with Crippen LogP contribution in [-0.2, 0) is 9.05 Å². The van der Waals surface area contributed by atoms with E-state index in [1.165, 1.54) is 0 Å². The van der Waals surface area contributed by atoms with Gasteiger partial charge >= 0.3 is 0 Å². The van der Waals surface area contributed by atoms with Crippen LogP contribution >= 0.6 is 22.4 Å². The van der Waals surface area contributed by atoms with Gasteiger partial charge in [0.15, 0.2) is 0 Å². The highest BCUT2D eigenvalue weighted by atomic mass is 35.7. The number of rotatable bonds is 4. The molecular weight excluding hydrogens is 204 g/mol. The van der Waals surface area contributed by atoms with Crippen molar-refractivity contribution in [2.24, 2.45) is 0 Å². The van der Waals surface area contributed by atoms with Crippen molar-refractivity contribution in [3.8, 4) is 0 Å². The Kier molecular flexibility index (Phi) is 2.77. The Morgan fingerprint density at radius 1 is 1.55 bits per heavy atom. The second-order valence-electron chi connectivity index (χ2n) is 2.86. The van der Waals surface area contributed by atoms with Crippen molar-refractivity contribution in [3.63, 3.8) is 0 Å². The van der Waals surface area contributed by atoms with Crippen LogP contribution in [0.2, 0.25) is 0 Å². The van der Waals surface area contributed by atoms with Gasteiger partial charge in [0.2, 0.25) is 9.05 Å². The van der Waals surface area contributed by atoms with Crippen LogP contribution in [0, 0.1) is 0 Å². The van der Waals surface area contributed by atoms with Gasteiger partial charge in [-0.1, -0.05) is 0 Å². The molecule has 0 bridgehead atoms. The molecule has 1 aliphatic carbocycles. The van der Waals surface area contributed by atoms with Crippen LogP contribution in [0.15, 0.2) is 0 Å². The third-order valence-corrected chi connectivity index (χ3v) is 5.33. The fourth-order valence-corrected chi connectivity index (χ4v) is 3.40. The van der Waals surface area contributed by atoms with Gasteiger partial charge in [-0.15, -0.1) is 0 Å². The predicted octanol–water partition coefficient (Wildman–Crippen LogP) is 1.84. The second kappa shape index (κ2) is 3.15. The maximum atomic E-state index is 11.0. The molecule has 66 valence electrons. The van der Waals surface area contributed by atoms with Crippen LogP contribution in [0.1, 0.15) is 19.3 Å². The van der Waals surface area contributed by atoms with Crippen molar-refractivity contribution in [1.29, 1.82) is 0 Å². The molecule has 0 heterocycles. The molecule has 1 saturated carbocycles. The average molecular weight is 215 g/mol. The lowest BCUT2D eigenvalue weighted by Gasteiger charge is -2.08. The maximum absolute atomic E-state index is 11.0. The van der Waals surface area contributed by atoms with E-state index in [0.717, 1.165) is 18.6 Å². The molecule has 0 aromatic heterocycles. The van der Waals surface area contributed by atoms with Crippen molar-refractivity contribution in [2.75, 3.05) is 12.0 Å². The first-order chi connectivity index (χ1) is 5.02. The van der Waals surface area contributed by atoms with Crippen LogP contribution in [0.25, 0.3) is 0 Å². The van der Waals surface area contributed by atoms with E-state index in [2.05, 4.69) is 0 Å². The van der Waals surface area contributed by atoms with Crippen LogP contribution in [0.3, 0.4) is 0 Å². The van der Waals surface area contributed by atoms with Crippen LogP contribution in [0.4, 0.5) is 0 Å². The van der Waals surface area contributed by atoms with E-state index in [-0.39, 0.29) is 0 Å². The Balaban J connectivity index is 2.55. The minimum absolute atomic E-state index is 0.544. The molecule has 0 saturated heterocycles. The predicted molar refractivity (Wildman–Crippen MR) is 49.7 cm³/mol. The normalized spacial score (nSPS) is 21.6. The summed E-state index contributed by atoms with van der Waals surface area (Å²) in [5.41, 5.74) is 0. The monoisotopic (exact) mass is 214 g/mol. The van der Waals surface area contributed by atoms with Crippen molar-refractivity contribution in [3.05, 3.63) is 0 Å². The van der Waals surface area contributed by atoms with Gasteiger partial charge in [0.1, 0.15) is 0 Å². The molecule has 1 rings (SSSR count). The van der Waals surface area contributed by atoms with Crippen molar-refractivity contribution in [1.82, 2.24) is 0 Å². The number of hydrogen-bond acceptors (Lipinski definition) is 3. The number of thioether (sulfide) groups is 1. The zero-order valence-electron chi connectivity index (χ0n) is 6.34. The molecule has 0 atom stereocenters. The summed E-state index contributed by atoms with van der Waals surface area (Å²) in [6.45, 7) is 0. The molecule has 1 aliphatic rings. The molecule has 1 fully saturated rings. The average Bonchev–Trinajstić information content (AvgIpc) is 2.61. The molecule has 0 amide bonds. The first kappa shape index (κ1) is 9.68. The summed E-state index contributed by atoms with van der Waals surface area (Å²) >= 11 is 1.66. The van der Waals surface area contributed by atoms with Gasteiger partial charge < -0.3 is 0 Å². The summed E-state index contributed by atoms with van der Waals surface area (Å²) in [6, 6.07) is 0. The third-order valence-electron chi connectivity index (χ3n) is 2.09. The van der Waals surface area contributed by atoms with Gasteiger partial charge in [0.25, 0.3) is 0 Å². The van der Waals surface area contributed by atoms with Gasteiger partial charge in [0.05, 0.1) is 4.75 Å². The summed E-state index contributed by atoms with van der Waals surface area (Å²) in [5, 5.41) is 0. The van der Waals surface area contributed by atoms with E-state index in [1.807, 2.05) is 6.26 Å². The molecule has 5 heteroatoms. The molecule has 0 unspecified atom stereocenters. The smallest absolute Gasteiger partial charge is 0.212 e. The molecule has 0 N–H and O–H groups in total. The SMILES string of the molecule is CSCCC1(S(=O)(=O)Cl)CC1. The first-order valence-electron chi connectivity index (χ1n) is 3.45. The Morgan fingerprint density at radius 2 is 2.09 bits per heavy atom. The topological polar surface area (TPSA) is 34.1 Å². The van der Waals surface area contributed by atoms with Crippen molar-refractivity contribution >= 4 is 31.5 Å². The maximum Gasteiger partial charge on any atom is 0.238 e. The van der Waals surface area contributed by atoms with Gasteiger partial charge in [0, 0.05) is 10.7 Å². The fourth-order valence-electron chi connectivity index (χ4n) is 1.04. The highest BCUT2D eigenvalue weighted by molar-refractivity contribution is 8.15. The lowest BCUT2D eigenvalue weighted by Crippen LogP contribution is -2.18. The highest BCUT2D eigenvalue weighted by Crippen LogP contribution is 2.48. The van der Waals surface area contributed by atoms with Gasteiger partial charge in [-0.3, -0.25) is 0 Å². The van der Waals surface area contributed by atoms with Crippen molar-refractivity contribution in [2.45, 2.75) is 24.0 Å². The zero-order chi connectivity index (χ0) is 8.54. The standard InChI is InChI=1S/C6H11ClO2S2/c1-10-5-4-6(2-3-6)11(7,8)9/h2-5H2,1H3. The molecule has 0 aliphatic heterocycles. The molecule has 11 heavy (non-hydrogen) atoms. The summed E-state index contributed by atoms with van der Waals surface area (Å²) in [4.78, 5) is 0. The summed E-state index contributed by atoms with van der Waals surface area (Å²) < 4.78 is 21.4. The Hall–Kier alpha value is 0.590. The van der Waals surface area contributed by atoms with Crippen LogP contribution in [0.5, 0.6) is 0 Å². The van der Waals surface area contributed by atoms with Gasteiger partial charge in [-0.2, -0.15) is 11.8 Å².